The summed E-state index contributed by atoms with van der Waals surface area (Å²) in [6.45, 7) is 7.98. The third-order valence-electron chi connectivity index (χ3n) is 6.88. The molecule has 10 heteroatoms. The lowest BCUT2D eigenvalue weighted by Crippen LogP contribution is -2.79. The molecular formula is C34H33Cl2N6OS+. The molecule has 0 atom stereocenters. The van der Waals surface area contributed by atoms with Crippen molar-refractivity contribution in [3.05, 3.63) is 118 Å². The fraction of sp³-hybridized carbons (Fsp3) is 0.176. The maximum absolute atomic E-state index is 13.1. The van der Waals surface area contributed by atoms with E-state index in [9.17, 15) is 4.79 Å². The first-order valence-electron chi connectivity index (χ1n) is 14.0. The largest absolute Gasteiger partial charge is 0.304 e. The standard InChI is InChI=1S/C34H32Cl2N6OS/c1-21-8-12-23(13-9-21)38-29(19-28(37)34(2,3)4)39-31(43)18-22-10-14-24(15-11-22)44-25-16-17-30-40-41-33(42(30)20-25)32-26(35)6-5-7-27(32)36/h5-17,19-20,37-38H,18H2,1-4H3,(H,39,43)/p+1. The Bertz CT molecular complexity index is 1840. The number of aromatic nitrogens is 3. The molecule has 2 heterocycles. The zero-order chi connectivity index (χ0) is 31.4. The zero-order valence-corrected chi connectivity index (χ0v) is 27.2. The van der Waals surface area contributed by atoms with Crippen LogP contribution in [0.25, 0.3) is 17.0 Å². The van der Waals surface area contributed by atoms with Crippen LogP contribution >= 0.6 is 35.0 Å². The number of nitrogens with two attached hydrogens (primary N) is 1. The molecule has 0 spiro atoms. The molecule has 4 N–H and O–H groups in total. The van der Waals surface area contributed by atoms with Gasteiger partial charge in [0.15, 0.2) is 11.5 Å². The van der Waals surface area contributed by atoms with E-state index in [-0.39, 0.29) is 17.7 Å². The Morgan fingerprint density at radius 2 is 1.61 bits per heavy atom. The molecule has 3 aromatic carbocycles. The molecular weight excluding hydrogens is 611 g/mol. The minimum absolute atomic E-state index is 0.148. The van der Waals surface area contributed by atoms with Crippen molar-refractivity contribution in [3.8, 4) is 11.4 Å². The highest BCUT2D eigenvalue weighted by Gasteiger charge is 2.19. The number of rotatable bonds is 9. The third kappa shape index (κ3) is 7.76. The first kappa shape index (κ1) is 31.5. The van der Waals surface area contributed by atoms with Gasteiger partial charge in [-0.25, -0.2) is 0 Å². The van der Waals surface area contributed by atoms with Crippen molar-refractivity contribution in [3.63, 3.8) is 0 Å². The Balaban J connectivity index is 1.28. The Kier molecular flexibility index (Phi) is 9.56. The lowest BCUT2D eigenvalue weighted by atomic mass is 9.90. The Morgan fingerprint density at radius 1 is 0.955 bits per heavy atom. The van der Waals surface area contributed by atoms with Gasteiger partial charge in [0.05, 0.1) is 22.0 Å². The number of nitrogens with zero attached hydrogens (tertiary/aromatic N) is 3. The number of carbonyl (C=O) groups is 1. The fourth-order valence-corrected chi connectivity index (χ4v) is 5.75. The molecule has 0 bridgehead atoms. The lowest BCUT2D eigenvalue weighted by Gasteiger charge is -2.17. The summed E-state index contributed by atoms with van der Waals surface area (Å²) in [5.74, 6) is 1.02. The van der Waals surface area contributed by atoms with Gasteiger partial charge in [-0.1, -0.05) is 91.6 Å². The molecule has 7 nitrogen and oxygen atoms in total. The predicted molar refractivity (Wildman–Crippen MR) is 179 cm³/mol. The number of nitrogens with one attached hydrogen (secondary N) is 2. The van der Waals surface area contributed by atoms with Crippen molar-refractivity contribution in [2.75, 3.05) is 0 Å². The minimum Gasteiger partial charge on any atom is -0.304 e. The van der Waals surface area contributed by atoms with E-state index in [1.54, 1.807) is 36.0 Å². The molecule has 0 aliphatic heterocycles. The number of halogens is 2. The number of hydrogen-bond donors (Lipinski definition) is 3. The monoisotopic (exact) mass is 643 g/mol. The van der Waals surface area contributed by atoms with Gasteiger partial charge >= 0.3 is 0 Å². The summed E-state index contributed by atoms with van der Waals surface area (Å²) in [6, 6.07) is 25.2. The quantitative estimate of drug-likeness (QED) is 0.114. The topological polar surface area (TPSA) is 99.8 Å². The van der Waals surface area contributed by atoms with Crippen LogP contribution in [-0.4, -0.2) is 26.2 Å². The first-order chi connectivity index (χ1) is 21.0. The number of carbonyl (C=O) groups excluding carboxylic acids is 1. The average Bonchev–Trinajstić information content (AvgIpc) is 3.37. The van der Waals surface area contributed by atoms with Gasteiger partial charge in [0.1, 0.15) is 5.69 Å². The van der Waals surface area contributed by atoms with Crippen molar-refractivity contribution in [1.82, 2.24) is 19.9 Å². The number of aryl methyl sites for hydroxylation is 1. The van der Waals surface area contributed by atoms with E-state index in [0.717, 1.165) is 26.6 Å². The van der Waals surface area contributed by atoms with Crippen molar-refractivity contribution < 1.29 is 10.1 Å². The predicted octanol–water partition coefficient (Wildman–Crippen LogP) is 7.62. The highest BCUT2D eigenvalue weighted by molar-refractivity contribution is 7.99. The van der Waals surface area contributed by atoms with Crippen LogP contribution in [0, 0.1) is 17.7 Å². The minimum atomic E-state index is -0.341. The summed E-state index contributed by atoms with van der Waals surface area (Å²) in [5.41, 5.74) is 4.42. The number of hydrogen-bond acceptors (Lipinski definition) is 5. The van der Waals surface area contributed by atoms with Crippen LogP contribution in [0.4, 0.5) is 5.69 Å². The maximum atomic E-state index is 13.1. The number of benzene rings is 3. The van der Waals surface area contributed by atoms with Crippen LogP contribution in [0.2, 0.25) is 10.0 Å². The molecule has 0 aliphatic carbocycles. The molecule has 0 fully saturated rings. The number of amides is 1. The third-order valence-corrected chi connectivity index (χ3v) is 8.49. The van der Waals surface area contributed by atoms with E-state index < -0.39 is 0 Å². The second-order valence-corrected chi connectivity index (χ2v) is 13.5. The van der Waals surface area contributed by atoms with Gasteiger partial charge in [0.25, 0.3) is 0 Å². The molecule has 0 radical (unpaired) electrons. The van der Waals surface area contributed by atoms with Crippen LogP contribution < -0.4 is 10.6 Å². The van der Waals surface area contributed by atoms with Gasteiger partial charge in [-0.3, -0.25) is 19.8 Å². The summed E-state index contributed by atoms with van der Waals surface area (Å²) >= 11 is 14.5. The molecule has 0 saturated carbocycles. The van der Waals surface area contributed by atoms with Crippen molar-refractivity contribution >= 4 is 57.9 Å². The Hall–Kier alpha value is -3.95. The van der Waals surface area contributed by atoms with E-state index in [1.807, 2.05) is 104 Å². The Morgan fingerprint density at radius 3 is 2.27 bits per heavy atom. The van der Waals surface area contributed by atoms with Crippen molar-refractivity contribution in [1.29, 1.82) is 5.41 Å². The van der Waals surface area contributed by atoms with E-state index in [2.05, 4.69) is 15.5 Å². The molecule has 1 amide bonds. The van der Waals surface area contributed by atoms with E-state index in [0.29, 0.717) is 38.6 Å². The normalized spacial score (nSPS) is 12.0. The summed E-state index contributed by atoms with van der Waals surface area (Å²) in [7, 11) is 0. The number of fused-ring (bicyclic) bond motifs is 1. The van der Waals surface area contributed by atoms with Crippen LogP contribution in [0.5, 0.6) is 0 Å². The van der Waals surface area contributed by atoms with Gasteiger partial charge in [0, 0.05) is 33.2 Å². The zero-order valence-electron chi connectivity index (χ0n) is 24.9. The first-order valence-corrected chi connectivity index (χ1v) is 15.6. The molecule has 224 valence electrons. The van der Waals surface area contributed by atoms with Crippen molar-refractivity contribution in [2.45, 2.75) is 43.9 Å². The highest BCUT2D eigenvalue weighted by atomic mass is 35.5. The van der Waals surface area contributed by atoms with Gasteiger partial charge in [-0.05, 0) is 61.0 Å². The van der Waals surface area contributed by atoms with Crippen molar-refractivity contribution in [2.24, 2.45) is 5.41 Å². The highest BCUT2D eigenvalue weighted by Crippen LogP contribution is 2.35. The summed E-state index contributed by atoms with van der Waals surface area (Å²) in [4.78, 5) is 15.1. The lowest BCUT2D eigenvalue weighted by molar-refractivity contribution is -0.522. The van der Waals surface area contributed by atoms with E-state index in [1.165, 1.54) is 0 Å². The molecule has 0 saturated heterocycles. The van der Waals surface area contributed by atoms with E-state index >= 15 is 0 Å². The Labute approximate surface area is 271 Å². The molecule has 5 aromatic rings. The number of pyridine rings is 1. The van der Waals surface area contributed by atoms with Crippen LogP contribution in [0.1, 0.15) is 31.9 Å². The smallest absolute Gasteiger partial charge is 0.232 e. The maximum Gasteiger partial charge on any atom is 0.232 e. The second-order valence-electron chi connectivity index (χ2n) is 11.5. The summed E-state index contributed by atoms with van der Waals surface area (Å²) in [6.07, 6.45) is 3.90. The SMILES string of the molecule is Cc1ccc([NH2+]C(=CC(=N)C(C)(C)C)NC(=O)Cc2ccc(Sc3ccc4nnc(-c5c(Cl)cccc5Cl)n4c3)cc2)cc1. The molecule has 0 aliphatic rings. The van der Waals surface area contributed by atoms with E-state index in [4.69, 9.17) is 28.6 Å². The molecule has 44 heavy (non-hydrogen) atoms. The second kappa shape index (κ2) is 13.4. The molecule has 2 aromatic heterocycles. The molecule has 0 unspecified atom stereocenters. The summed E-state index contributed by atoms with van der Waals surface area (Å²) in [5, 5.41) is 23.0. The van der Waals surface area contributed by atoms with Crippen LogP contribution in [0.15, 0.2) is 107 Å². The van der Waals surface area contributed by atoms with Crippen LogP contribution in [-0.2, 0) is 11.2 Å². The number of allylic oxidation sites excluding steroid dienone is 1. The average molecular weight is 645 g/mol. The van der Waals surface area contributed by atoms with Crippen LogP contribution in [0.3, 0.4) is 0 Å². The van der Waals surface area contributed by atoms with Gasteiger partial charge < -0.3 is 5.41 Å². The number of quaternary nitrogens is 1. The molecule has 5 rings (SSSR count). The van der Waals surface area contributed by atoms with Gasteiger partial charge in [0.2, 0.25) is 11.7 Å². The summed E-state index contributed by atoms with van der Waals surface area (Å²) < 4.78 is 1.88. The van der Waals surface area contributed by atoms with Gasteiger partial charge in [-0.2, -0.15) is 0 Å². The van der Waals surface area contributed by atoms with Gasteiger partial charge in [-0.15, -0.1) is 10.2 Å². The fourth-order valence-electron chi connectivity index (χ4n) is 4.34.